The summed E-state index contributed by atoms with van der Waals surface area (Å²) in [6, 6.07) is 3.78. The zero-order valence-electron chi connectivity index (χ0n) is 12.9. The number of aliphatic carboxylic acids is 1. The maximum atomic E-state index is 12.4. The van der Waals surface area contributed by atoms with Gasteiger partial charge in [0.1, 0.15) is 0 Å². The molecule has 2 N–H and O–H groups in total. The summed E-state index contributed by atoms with van der Waals surface area (Å²) in [5.41, 5.74) is 2.19. The molecular weight excluding hydrogens is 282 g/mol. The van der Waals surface area contributed by atoms with E-state index in [1.54, 1.807) is 11.1 Å². The van der Waals surface area contributed by atoms with E-state index in [2.05, 4.69) is 16.4 Å². The third kappa shape index (κ3) is 3.96. The number of nitrogens with one attached hydrogen (secondary N) is 1. The average molecular weight is 305 g/mol. The van der Waals surface area contributed by atoms with E-state index in [1.807, 2.05) is 13.0 Å². The van der Waals surface area contributed by atoms with E-state index in [1.165, 1.54) is 5.56 Å². The lowest BCUT2D eigenvalue weighted by Crippen LogP contribution is -2.44. The second-order valence-corrected chi connectivity index (χ2v) is 5.52. The molecule has 2 rings (SSSR count). The van der Waals surface area contributed by atoms with E-state index in [9.17, 15) is 9.59 Å². The maximum absolute atomic E-state index is 12.4. The third-order valence-corrected chi connectivity index (χ3v) is 3.88. The van der Waals surface area contributed by atoms with Gasteiger partial charge in [0, 0.05) is 19.3 Å². The number of aromatic nitrogens is 1. The molecule has 0 spiro atoms. The van der Waals surface area contributed by atoms with Crippen molar-refractivity contribution >= 4 is 12.0 Å². The molecule has 0 saturated heterocycles. The number of urea groups is 1. The van der Waals surface area contributed by atoms with E-state index in [0.29, 0.717) is 6.54 Å². The molecule has 120 valence electrons. The molecule has 1 unspecified atom stereocenters. The molecule has 0 fully saturated rings. The zero-order chi connectivity index (χ0) is 15.9. The second kappa shape index (κ2) is 7.77. The van der Waals surface area contributed by atoms with Gasteiger partial charge in [0.25, 0.3) is 0 Å². The molecule has 1 aliphatic rings. The predicted molar refractivity (Wildman–Crippen MR) is 82.6 cm³/mol. The van der Waals surface area contributed by atoms with Gasteiger partial charge in [0.15, 0.2) is 0 Å². The molecule has 1 heterocycles. The van der Waals surface area contributed by atoms with Gasteiger partial charge in [-0.1, -0.05) is 13.0 Å². The number of carboxylic acids is 1. The number of hydrogen-bond acceptors (Lipinski definition) is 3. The lowest BCUT2D eigenvalue weighted by molar-refractivity contribution is -0.136. The molecule has 1 aromatic heterocycles. The first kappa shape index (κ1) is 16.3. The summed E-state index contributed by atoms with van der Waals surface area (Å²) in [5, 5.41) is 11.4. The summed E-state index contributed by atoms with van der Waals surface area (Å²) in [5.74, 6) is -0.910. The fourth-order valence-electron chi connectivity index (χ4n) is 2.91. The number of fused-ring (bicyclic) bond motifs is 1. The topological polar surface area (TPSA) is 82.5 Å². The molecule has 22 heavy (non-hydrogen) atoms. The molecule has 1 aromatic rings. The van der Waals surface area contributed by atoms with Gasteiger partial charge in [-0.2, -0.15) is 0 Å². The summed E-state index contributed by atoms with van der Waals surface area (Å²) in [6.07, 6.45) is 5.49. The Morgan fingerprint density at radius 3 is 3.05 bits per heavy atom. The van der Waals surface area contributed by atoms with Crippen LogP contribution in [0.15, 0.2) is 18.3 Å². The normalized spacial score (nSPS) is 16.7. The number of hydrogen-bond donors (Lipinski definition) is 2. The van der Waals surface area contributed by atoms with Crippen molar-refractivity contribution in [2.75, 3.05) is 13.1 Å². The van der Waals surface area contributed by atoms with E-state index in [4.69, 9.17) is 5.11 Å². The number of nitrogens with zero attached hydrogens (tertiary/aromatic N) is 2. The standard InChI is InChI=1S/C16H23N3O3/c1-2-11-19(16(22)18-10-8-14(20)21)13-7-3-5-12-6-4-9-17-15(12)13/h4,6,9,13H,2-3,5,7-8,10-11H2,1H3,(H,18,22)(H,20,21). The number of pyridine rings is 1. The minimum Gasteiger partial charge on any atom is -0.481 e. The smallest absolute Gasteiger partial charge is 0.317 e. The van der Waals surface area contributed by atoms with Crippen LogP contribution in [0, 0.1) is 0 Å². The predicted octanol–water partition coefficient (Wildman–Crippen LogP) is 2.36. The number of carbonyl (C=O) groups is 2. The lowest BCUT2D eigenvalue weighted by Gasteiger charge is -2.34. The van der Waals surface area contributed by atoms with Crippen LogP contribution in [0.2, 0.25) is 0 Å². The fourth-order valence-corrected chi connectivity index (χ4v) is 2.91. The summed E-state index contributed by atoms with van der Waals surface area (Å²) >= 11 is 0. The highest BCUT2D eigenvalue weighted by molar-refractivity contribution is 5.75. The number of carbonyl (C=O) groups excluding carboxylic acids is 1. The first-order valence-electron chi connectivity index (χ1n) is 7.83. The van der Waals surface area contributed by atoms with E-state index in [0.717, 1.165) is 31.4 Å². The average Bonchev–Trinajstić information content (AvgIpc) is 2.51. The molecule has 0 aliphatic heterocycles. The highest BCUT2D eigenvalue weighted by atomic mass is 16.4. The lowest BCUT2D eigenvalue weighted by atomic mass is 9.91. The van der Waals surface area contributed by atoms with Crippen molar-refractivity contribution in [3.05, 3.63) is 29.6 Å². The summed E-state index contributed by atoms with van der Waals surface area (Å²) in [7, 11) is 0. The van der Waals surface area contributed by atoms with Gasteiger partial charge >= 0.3 is 12.0 Å². The van der Waals surface area contributed by atoms with Crippen LogP contribution in [-0.4, -0.2) is 40.1 Å². The van der Waals surface area contributed by atoms with Gasteiger partial charge < -0.3 is 15.3 Å². The minimum absolute atomic E-state index is 0.0188. The van der Waals surface area contributed by atoms with Crippen LogP contribution in [-0.2, 0) is 11.2 Å². The Bertz CT molecular complexity index is 533. The molecular formula is C16H23N3O3. The first-order valence-corrected chi connectivity index (χ1v) is 7.83. The molecule has 1 aliphatic carbocycles. The van der Waals surface area contributed by atoms with Gasteiger partial charge in [0.2, 0.25) is 0 Å². The van der Waals surface area contributed by atoms with E-state index in [-0.39, 0.29) is 25.0 Å². The van der Waals surface area contributed by atoms with Gasteiger partial charge in [-0.3, -0.25) is 9.78 Å². The van der Waals surface area contributed by atoms with Gasteiger partial charge in [-0.15, -0.1) is 0 Å². The van der Waals surface area contributed by atoms with Crippen LogP contribution in [0.25, 0.3) is 0 Å². The number of carboxylic acid groups (broad SMARTS) is 1. The van der Waals surface area contributed by atoms with Crippen LogP contribution in [0.3, 0.4) is 0 Å². The Morgan fingerprint density at radius 2 is 2.32 bits per heavy atom. The Kier molecular flexibility index (Phi) is 5.75. The largest absolute Gasteiger partial charge is 0.481 e. The number of aryl methyl sites for hydroxylation is 1. The van der Waals surface area contributed by atoms with Gasteiger partial charge in [0.05, 0.1) is 18.2 Å². The van der Waals surface area contributed by atoms with Crippen molar-refractivity contribution in [2.45, 2.75) is 45.1 Å². The molecule has 1 atom stereocenters. The summed E-state index contributed by atoms with van der Waals surface area (Å²) in [4.78, 5) is 29.3. The highest BCUT2D eigenvalue weighted by Gasteiger charge is 2.29. The Balaban J connectivity index is 2.11. The Hall–Kier alpha value is -2.11. The van der Waals surface area contributed by atoms with Crippen LogP contribution in [0.1, 0.15) is 49.9 Å². The van der Waals surface area contributed by atoms with E-state index >= 15 is 0 Å². The number of rotatable bonds is 6. The monoisotopic (exact) mass is 305 g/mol. The summed E-state index contributed by atoms with van der Waals surface area (Å²) < 4.78 is 0. The zero-order valence-corrected chi connectivity index (χ0v) is 12.9. The van der Waals surface area contributed by atoms with Gasteiger partial charge in [-0.25, -0.2) is 4.79 Å². The minimum atomic E-state index is -0.910. The molecule has 6 heteroatoms. The van der Waals surface area contributed by atoms with Crippen LogP contribution in [0.4, 0.5) is 4.79 Å². The van der Waals surface area contributed by atoms with Crippen LogP contribution < -0.4 is 5.32 Å². The maximum Gasteiger partial charge on any atom is 0.317 e. The second-order valence-electron chi connectivity index (χ2n) is 5.52. The number of amides is 2. The molecule has 0 aromatic carbocycles. The van der Waals surface area contributed by atoms with Crippen molar-refractivity contribution in [2.24, 2.45) is 0 Å². The van der Waals surface area contributed by atoms with Crippen molar-refractivity contribution in [3.63, 3.8) is 0 Å². The Morgan fingerprint density at radius 1 is 1.50 bits per heavy atom. The third-order valence-electron chi connectivity index (χ3n) is 3.88. The van der Waals surface area contributed by atoms with Crippen molar-refractivity contribution in [1.29, 1.82) is 0 Å². The van der Waals surface area contributed by atoms with Gasteiger partial charge in [-0.05, 0) is 37.3 Å². The van der Waals surface area contributed by atoms with Crippen LogP contribution in [0.5, 0.6) is 0 Å². The van der Waals surface area contributed by atoms with Crippen molar-refractivity contribution in [3.8, 4) is 0 Å². The SMILES string of the molecule is CCCN(C(=O)NCCC(=O)O)C1CCCc2cccnc21. The molecule has 0 saturated carbocycles. The van der Waals surface area contributed by atoms with Crippen LogP contribution >= 0.6 is 0 Å². The molecule has 2 amide bonds. The van der Waals surface area contributed by atoms with Crippen molar-refractivity contribution in [1.82, 2.24) is 15.2 Å². The quantitative estimate of drug-likeness (QED) is 0.845. The molecule has 6 nitrogen and oxygen atoms in total. The molecule has 0 radical (unpaired) electrons. The summed E-state index contributed by atoms with van der Waals surface area (Å²) in [6.45, 7) is 2.81. The first-order chi connectivity index (χ1) is 10.6. The highest BCUT2D eigenvalue weighted by Crippen LogP contribution is 2.32. The van der Waals surface area contributed by atoms with E-state index < -0.39 is 5.97 Å². The molecule has 0 bridgehead atoms. The Labute approximate surface area is 130 Å². The fraction of sp³-hybridized carbons (Fsp3) is 0.562. The van der Waals surface area contributed by atoms with Crippen molar-refractivity contribution < 1.29 is 14.7 Å².